The summed E-state index contributed by atoms with van der Waals surface area (Å²) in [5.41, 5.74) is 3.11. The van der Waals surface area contributed by atoms with Crippen LogP contribution in [-0.2, 0) is 16.7 Å². The highest BCUT2D eigenvalue weighted by Gasteiger charge is 2.03. The molecule has 1 unspecified atom stereocenters. The molecular weight excluding hydrogens is 230 g/mol. The molecule has 3 heteroatoms. The van der Waals surface area contributed by atoms with E-state index >= 15 is 0 Å². The molecule has 0 amide bonds. The van der Waals surface area contributed by atoms with Gasteiger partial charge in [0, 0.05) is 5.69 Å². The van der Waals surface area contributed by atoms with Gasteiger partial charge in [-0.05, 0) is 24.1 Å². The van der Waals surface area contributed by atoms with Crippen molar-refractivity contribution in [2.45, 2.75) is 12.7 Å². The molecule has 88 valence electrons. The van der Waals surface area contributed by atoms with Gasteiger partial charge in [0.2, 0.25) is 0 Å². The summed E-state index contributed by atoms with van der Waals surface area (Å²) in [6.07, 6.45) is 0. The molecule has 0 radical (unpaired) electrons. The van der Waals surface area contributed by atoms with Gasteiger partial charge in [0.1, 0.15) is 11.0 Å². The van der Waals surface area contributed by atoms with Crippen molar-refractivity contribution >= 4 is 16.7 Å². The number of rotatable bonds is 4. The lowest BCUT2D eigenvalue weighted by Crippen LogP contribution is -2.07. The van der Waals surface area contributed by atoms with E-state index in [2.05, 4.69) is 4.72 Å². The van der Waals surface area contributed by atoms with Crippen LogP contribution in [0.15, 0.2) is 54.6 Å². The van der Waals surface area contributed by atoms with Gasteiger partial charge in [-0.1, -0.05) is 48.5 Å². The van der Waals surface area contributed by atoms with Crippen LogP contribution in [0, 0.1) is 6.92 Å². The molecule has 0 aliphatic heterocycles. The van der Waals surface area contributed by atoms with Crippen molar-refractivity contribution in [2.24, 2.45) is 0 Å². The van der Waals surface area contributed by atoms with Gasteiger partial charge < -0.3 is 4.72 Å². The second kappa shape index (κ2) is 5.64. The molecule has 0 saturated heterocycles. The zero-order valence-corrected chi connectivity index (χ0v) is 10.5. The zero-order chi connectivity index (χ0) is 12.1. The summed E-state index contributed by atoms with van der Waals surface area (Å²) in [5, 5.41) is 0. The van der Waals surface area contributed by atoms with E-state index < -0.39 is 11.0 Å². The Hall–Kier alpha value is -1.61. The van der Waals surface area contributed by atoms with Crippen molar-refractivity contribution in [1.29, 1.82) is 0 Å². The standard InChI is InChI=1S/C14H15NOS/c1-12-7-5-6-10-14(12)15-17(16)11-13-8-3-2-4-9-13/h2-10,15H,11H2,1H3. The van der Waals surface area contributed by atoms with Gasteiger partial charge in [-0.25, -0.2) is 4.21 Å². The number of aryl methyl sites for hydroxylation is 1. The van der Waals surface area contributed by atoms with Crippen LogP contribution in [0.25, 0.3) is 0 Å². The Morgan fingerprint density at radius 3 is 2.35 bits per heavy atom. The Bertz CT molecular complexity index is 511. The molecule has 2 rings (SSSR count). The second-order valence-corrected chi connectivity index (χ2v) is 5.08. The van der Waals surface area contributed by atoms with E-state index in [4.69, 9.17) is 0 Å². The highest BCUT2D eigenvalue weighted by molar-refractivity contribution is 7.85. The second-order valence-electron chi connectivity index (χ2n) is 3.89. The minimum Gasteiger partial charge on any atom is -0.305 e. The molecule has 0 spiro atoms. The quantitative estimate of drug-likeness (QED) is 0.880. The number of nitrogens with one attached hydrogen (secondary N) is 1. The maximum atomic E-state index is 11.9. The molecule has 1 N–H and O–H groups in total. The number of benzene rings is 2. The number of hydrogen-bond donors (Lipinski definition) is 1. The summed E-state index contributed by atoms with van der Waals surface area (Å²) in [7, 11) is -1.08. The van der Waals surface area contributed by atoms with E-state index in [-0.39, 0.29) is 0 Å². The Labute approximate surface area is 104 Å². The zero-order valence-electron chi connectivity index (χ0n) is 9.72. The van der Waals surface area contributed by atoms with E-state index in [0.717, 1.165) is 16.8 Å². The van der Waals surface area contributed by atoms with Crippen LogP contribution >= 0.6 is 0 Å². The molecule has 0 heterocycles. The summed E-state index contributed by atoms with van der Waals surface area (Å²) >= 11 is 0. The molecule has 17 heavy (non-hydrogen) atoms. The fourth-order valence-electron chi connectivity index (χ4n) is 1.57. The molecule has 0 fully saturated rings. The molecule has 1 atom stereocenters. The number of anilines is 1. The van der Waals surface area contributed by atoms with Crippen LogP contribution in [0.1, 0.15) is 11.1 Å². The first kappa shape index (κ1) is 11.9. The van der Waals surface area contributed by atoms with E-state index in [1.807, 2.05) is 61.5 Å². The fourth-order valence-corrected chi connectivity index (χ4v) is 2.61. The lowest BCUT2D eigenvalue weighted by Gasteiger charge is -2.08. The van der Waals surface area contributed by atoms with Gasteiger partial charge in [-0.15, -0.1) is 0 Å². The van der Waals surface area contributed by atoms with Crippen LogP contribution in [0.3, 0.4) is 0 Å². The maximum absolute atomic E-state index is 11.9. The molecule has 0 aliphatic rings. The van der Waals surface area contributed by atoms with Crippen LogP contribution in [0.4, 0.5) is 5.69 Å². The Balaban J connectivity index is 2.01. The van der Waals surface area contributed by atoms with Gasteiger partial charge in [0.05, 0.1) is 5.75 Å². The normalized spacial score (nSPS) is 12.1. The minimum absolute atomic E-state index is 0.523. The lowest BCUT2D eigenvalue weighted by molar-refractivity contribution is 0.686. The smallest absolute Gasteiger partial charge is 0.121 e. The highest BCUT2D eigenvalue weighted by Crippen LogP contribution is 2.15. The van der Waals surface area contributed by atoms with E-state index in [9.17, 15) is 4.21 Å². The first-order valence-corrected chi connectivity index (χ1v) is 6.82. The predicted octanol–water partition coefficient (Wildman–Crippen LogP) is 3.27. The van der Waals surface area contributed by atoms with Gasteiger partial charge >= 0.3 is 0 Å². The fraction of sp³-hybridized carbons (Fsp3) is 0.143. The monoisotopic (exact) mass is 245 g/mol. The van der Waals surface area contributed by atoms with Crippen molar-refractivity contribution in [3.05, 3.63) is 65.7 Å². The molecular formula is C14H15NOS. The first-order valence-electron chi connectivity index (χ1n) is 5.50. The minimum atomic E-state index is -1.08. The SMILES string of the molecule is Cc1ccccc1NS(=O)Cc1ccccc1. The van der Waals surface area contributed by atoms with Gasteiger partial charge in [-0.2, -0.15) is 0 Å². The maximum Gasteiger partial charge on any atom is 0.121 e. The lowest BCUT2D eigenvalue weighted by atomic mass is 10.2. The van der Waals surface area contributed by atoms with E-state index in [0.29, 0.717) is 5.75 Å². The summed E-state index contributed by atoms with van der Waals surface area (Å²) < 4.78 is 15.0. The Morgan fingerprint density at radius 1 is 1.00 bits per heavy atom. The third kappa shape index (κ3) is 3.43. The number of para-hydroxylation sites is 1. The molecule has 0 aliphatic carbocycles. The van der Waals surface area contributed by atoms with Crippen molar-refractivity contribution in [1.82, 2.24) is 0 Å². The van der Waals surface area contributed by atoms with Crippen LogP contribution < -0.4 is 4.72 Å². The molecule has 0 saturated carbocycles. The van der Waals surface area contributed by atoms with Gasteiger partial charge in [0.25, 0.3) is 0 Å². The van der Waals surface area contributed by atoms with Crippen LogP contribution in [0.5, 0.6) is 0 Å². The largest absolute Gasteiger partial charge is 0.305 e. The molecule has 2 aromatic rings. The van der Waals surface area contributed by atoms with Crippen molar-refractivity contribution in [3.63, 3.8) is 0 Å². The van der Waals surface area contributed by atoms with Crippen LogP contribution in [0.2, 0.25) is 0 Å². The summed E-state index contributed by atoms with van der Waals surface area (Å²) in [6, 6.07) is 17.7. The van der Waals surface area contributed by atoms with Crippen molar-refractivity contribution < 1.29 is 4.21 Å². The van der Waals surface area contributed by atoms with E-state index in [1.165, 1.54) is 0 Å². The first-order chi connectivity index (χ1) is 8.25. The molecule has 2 nitrogen and oxygen atoms in total. The molecule has 2 aromatic carbocycles. The average molecular weight is 245 g/mol. The van der Waals surface area contributed by atoms with Crippen molar-refractivity contribution in [2.75, 3.05) is 4.72 Å². The third-order valence-corrected chi connectivity index (χ3v) is 3.55. The molecule has 0 aromatic heterocycles. The van der Waals surface area contributed by atoms with E-state index in [1.54, 1.807) is 0 Å². The predicted molar refractivity (Wildman–Crippen MR) is 73.1 cm³/mol. The highest BCUT2D eigenvalue weighted by atomic mass is 32.2. The molecule has 0 bridgehead atoms. The topological polar surface area (TPSA) is 29.1 Å². The summed E-state index contributed by atoms with van der Waals surface area (Å²) in [4.78, 5) is 0. The Morgan fingerprint density at radius 2 is 1.65 bits per heavy atom. The van der Waals surface area contributed by atoms with Crippen molar-refractivity contribution in [3.8, 4) is 0 Å². The average Bonchev–Trinajstić information content (AvgIpc) is 2.33. The van der Waals surface area contributed by atoms with Gasteiger partial charge in [-0.3, -0.25) is 0 Å². The van der Waals surface area contributed by atoms with Crippen LogP contribution in [-0.4, -0.2) is 4.21 Å². The number of hydrogen-bond acceptors (Lipinski definition) is 1. The summed E-state index contributed by atoms with van der Waals surface area (Å²) in [5.74, 6) is 0.523. The third-order valence-electron chi connectivity index (χ3n) is 2.51. The summed E-state index contributed by atoms with van der Waals surface area (Å²) in [6.45, 7) is 2.00. The Kier molecular flexibility index (Phi) is 3.94. The van der Waals surface area contributed by atoms with Gasteiger partial charge in [0.15, 0.2) is 0 Å².